The maximum Gasteiger partial charge on any atom is 0.131 e. The minimum Gasteiger partial charge on any atom is -0.373 e. The molecular formula is C12H15N5. The molecule has 0 fully saturated rings. The van der Waals surface area contributed by atoms with Crippen LogP contribution in [0.2, 0.25) is 0 Å². The van der Waals surface area contributed by atoms with E-state index in [9.17, 15) is 0 Å². The number of hydrogen-bond acceptors (Lipinski definition) is 5. The number of rotatable bonds is 4. The van der Waals surface area contributed by atoms with Crippen molar-refractivity contribution in [2.75, 3.05) is 17.7 Å². The van der Waals surface area contributed by atoms with Gasteiger partial charge in [-0.1, -0.05) is 6.07 Å². The van der Waals surface area contributed by atoms with Gasteiger partial charge in [0.15, 0.2) is 0 Å². The Hall–Kier alpha value is -2.17. The SMILES string of the molecule is CNc1cc(NCc2cccc(C)n2)ncn1. The Balaban J connectivity index is 2.02. The van der Waals surface area contributed by atoms with Crippen molar-refractivity contribution in [2.45, 2.75) is 13.5 Å². The molecule has 0 bridgehead atoms. The van der Waals surface area contributed by atoms with Gasteiger partial charge in [0, 0.05) is 18.8 Å². The molecule has 0 aliphatic carbocycles. The summed E-state index contributed by atoms with van der Waals surface area (Å²) in [5.41, 5.74) is 2.01. The van der Waals surface area contributed by atoms with Crippen LogP contribution < -0.4 is 10.6 Å². The Kier molecular flexibility index (Phi) is 3.49. The van der Waals surface area contributed by atoms with Crippen LogP contribution in [0.25, 0.3) is 0 Å². The van der Waals surface area contributed by atoms with E-state index in [-0.39, 0.29) is 0 Å². The fourth-order valence-corrected chi connectivity index (χ4v) is 1.47. The number of aromatic nitrogens is 3. The summed E-state index contributed by atoms with van der Waals surface area (Å²) in [5, 5.41) is 6.18. The highest BCUT2D eigenvalue weighted by Gasteiger charge is 1.98. The maximum absolute atomic E-state index is 4.41. The van der Waals surface area contributed by atoms with E-state index in [1.807, 2.05) is 38.2 Å². The number of aryl methyl sites for hydroxylation is 1. The van der Waals surface area contributed by atoms with Gasteiger partial charge in [0.2, 0.25) is 0 Å². The predicted octanol–water partition coefficient (Wildman–Crippen LogP) is 1.83. The minimum atomic E-state index is 0.655. The van der Waals surface area contributed by atoms with E-state index in [0.29, 0.717) is 6.54 Å². The smallest absolute Gasteiger partial charge is 0.131 e. The van der Waals surface area contributed by atoms with E-state index in [0.717, 1.165) is 23.0 Å². The zero-order valence-electron chi connectivity index (χ0n) is 9.94. The summed E-state index contributed by atoms with van der Waals surface area (Å²) >= 11 is 0. The second-order valence-corrected chi connectivity index (χ2v) is 3.66. The fourth-order valence-electron chi connectivity index (χ4n) is 1.47. The van der Waals surface area contributed by atoms with Crippen LogP contribution in [0.1, 0.15) is 11.4 Å². The van der Waals surface area contributed by atoms with E-state index in [2.05, 4.69) is 25.6 Å². The van der Waals surface area contributed by atoms with Gasteiger partial charge in [-0.2, -0.15) is 0 Å². The first-order valence-electron chi connectivity index (χ1n) is 5.44. The van der Waals surface area contributed by atoms with Crippen LogP contribution in [0.15, 0.2) is 30.6 Å². The van der Waals surface area contributed by atoms with Crippen molar-refractivity contribution in [3.8, 4) is 0 Å². The van der Waals surface area contributed by atoms with E-state index in [1.54, 1.807) is 0 Å². The Morgan fingerprint density at radius 3 is 2.76 bits per heavy atom. The highest BCUT2D eigenvalue weighted by Crippen LogP contribution is 2.09. The molecule has 0 saturated carbocycles. The molecule has 0 unspecified atom stereocenters. The average Bonchev–Trinajstić information content (AvgIpc) is 2.37. The zero-order chi connectivity index (χ0) is 12.1. The van der Waals surface area contributed by atoms with Gasteiger partial charge in [-0.15, -0.1) is 0 Å². The molecule has 0 atom stereocenters. The lowest BCUT2D eigenvalue weighted by molar-refractivity contribution is 0.998. The van der Waals surface area contributed by atoms with E-state index < -0.39 is 0 Å². The maximum atomic E-state index is 4.41. The van der Waals surface area contributed by atoms with Crippen molar-refractivity contribution in [1.29, 1.82) is 0 Å². The Labute approximate surface area is 100 Å². The molecular weight excluding hydrogens is 214 g/mol. The van der Waals surface area contributed by atoms with Crippen LogP contribution in [0, 0.1) is 6.92 Å². The summed E-state index contributed by atoms with van der Waals surface area (Å²) in [6.07, 6.45) is 1.53. The van der Waals surface area contributed by atoms with Crippen molar-refractivity contribution < 1.29 is 0 Å². The Morgan fingerprint density at radius 2 is 2.00 bits per heavy atom. The summed E-state index contributed by atoms with van der Waals surface area (Å²) < 4.78 is 0. The van der Waals surface area contributed by atoms with Gasteiger partial charge >= 0.3 is 0 Å². The number of hydrogen-bond donors (Lipinski definition) is 2. The van der Waals surface area contributed by atoms with Crippen LogP contribution in [0.5, 0.6) is 0 Å². The van der Waals surface area contributed by atoms with Crippen molar-refractivity contribution in [2.24, 2.45) is 0 Å². The molecule has 0 spiro atoms. The molecule has 2 heterocycles. The first-order valence-corrected chi connectivity index (χ1v) is 5.44. The molecule has 0 saturated heterocycles. The van der Waals surface area contributed by atoms with Crippen molar-refractivity contribution in [3.05, 3.63) is 42.0 Å². The molecule has 2 N–H and O–H groups in total. The lowest BCUT2D eigenvalue weighted by Gasteiger charge is -2.06. The van der Waals surface area contributed by atoms with Crippen molar-refractivity contribution in [3.63, 3.8) is 0 Å². The summed E-state index contributed by atoms with van der Waals surface area (Å²) in [5.74, 6) is 1.58. The second-order valence-electron chi connectivity index (χ2n) is 3.66. The van der Waals surface area contributed by atoms with E-state index in [4.69, 9.17) is 0 Å². The third-order valence-corrected chi connectivity index (χ3v) is 2.32. The van der Waals surface area contributed by atoms with Crippen LogP contribution >= 0.6 is 0 Å². The van der Waals surface area contributed by atoms with Crippen LogP contribution in [-0.4, -0.2) is 22.0 Å². The van der Waals surface area contributed by atoms with Gasteiger partial charge in [0.1, 0.15) is 18.0 Å². The zero-order valence-corrected chi connectivity index (χ0v) is 9.94. The quantitative estimate of drug-likeness (QED) is 0.837. The molecule has 0 amide bonds. The molecule has 0 aromatic carbocycles. The largest absolute Gasteiger partial charge is 0.373 e. The monoisotopic (exact) mass is 229 g/mol. The van der Waals surface area contributed by atoms with Gasteiger partial charge in [0.25, 0.3) is 0 Å². The first kappa shape index (κ1) is 11.3. The molecule has 2 aromatic heterocycles. The first-order chi connectivity index (χ1) is 8.28. The van der Waals surface area contributed by atoms with Crippen LogP contribution in [0.4, 0.5) is 11.6 Å². The van der Waals surface area contributed by atoms with Gasteiger partial charge < -0.3 is 10.6 Å². The molecule has 5 heteroatoms. The molecule has 0 aliphatic heterocycles. The molecule has 2 aromatic rings. The summed E-state index contributed by atoms with van der Waals surface area (Å²) in [4.78, 5) is 12.6. The Morgan fingerprint density at radius 1 is 1.18 bits per heavy atom. The highest BCUT2D eigenvalue weighted by atomic mass is 15.1. The molecule has 2 rings (SSSR count). The van der Waals surface area contributed by atoms with Crippen molar-refractivity contribution >= 4 is 11.6 Å². The topological polar surface area (TPSA) is 62.7 Å². The standard InChI is InChI=1S/C12H15N5/c1-9-4-3-5-10(17-9)7-14-12-6-11(13-2)15-8-16-12/h3-6,8H,7H2,1-2H3,(H2,13,14,15,16). The molecule has 17 heavy (non-hydrogen) atoms. The average molecular weight is 229 g/mol. The fraction of sp³-hybridized carbons (Fsp3) is 0.250. The number of pyridine rings is 1. The van der Waals surface area contributed by atoms with Crippen molar-refractivity contribution in [1.82, 2.24) is 15.0 Å². The molecule has 88 valence electrons. The summed E-state index contributed by atoms with van der Waals surface area (Å²) in [7, 11) is 1.83. The summed E-state index contributed by atoms with van der Waals surface area (Å²) in [6, 6.07) is 7.82. The lowest BCUT2D eigenvalue weighted by Crippen LogP contribution is -2.04. The van der Waals surface area contributed by atoms with Crippen LogP contribution in [-0.2, 0) is 6.54 Å². The number of nitrogens with one attached hydrogen (secondary N) is 2. The van der Waals surface area contributed by atoms with Gasteiger partial charge in [0.05, 0.1) is 12.2 Å². The lowest BCUT2D eigenvalue weighted by atomic mass is 10.3. The van der Waals surface area contributed by atoms with Gasteiger partial charge in [-0.25, -0.2) is 9.97 Å². The number of nitrogens with zero attached hydrogens (tertiary/aromatic N) is 3. The third kappa shape index (κ3) is 3.14. The molecule has 0 radical (unpaired) electrons. The van der Waals surface area contributed by atoms with E-state index in [1.165, 1.54) is 6.33 Å². The normalized spacial score (nSPS) is 10.0. The highest BCUT2D eigenvalue weighted by molar-refractivity contribution is 5.46. The molecule has 0 aliphatic rings. The predicted molar refractivity (Wildman–Crippen MR) is 67.9 cm³/mol. The van der Waals surface area contributed by atoms with E-state index >= 15 is 0 Å². The minimum absolute atomic E-state index is 0.655. The summed E-state index contributed by atoms with van der Waals surface area (Å²) in [6.45, 7) is 2.63. The second kappa shape index (κ2) is 5.25. The van der Waals surface area contributed by atoms with Crippen LogP contribution in [0.3, 0.4) is 0 Å². The number of anilines is 2. The molecule has 5 nitrogen and oxygen atoms in total. The van der Waals surface area contributed by atoms with Gasteiger partial charge in [-0.3, -0.25) is 4.98 Å². The Bertz CT molecular complexity index is 498. The van der Waals surface area contributed by atoms with Gasteiger partial charge in [-0.05, 0) is 19.1 Å². The third-order valence-electron chi connectivity index (χ3n) is 2.32.